The Morgan fingerprint density at radius 2 is 2.10 bits per heavy atom. The van der Waals surface area contributed by atoms with Gasteiger partial charge < -0.3 is 20.1 Å². The predicted octanol–water partition coefficient (Wildman–Crippen LogP) is 1.76. The van der Waals surface area contributed by atoms with E-state index in [0.717, 1.165) is 25.9 Å². The lowest BCUT2D eigenvalue weighted by atomic mass is 10.1. The predicted molar refractivity (Wildman–Crippen MR) is 81.5 cm³/mol. The minimum atomic E-state index is -0.522. The Labute approximate surface area is 125 Å². The molecule has 5 heteroatoms. The van der Waals surface area contributed by atoms with Crippen LogP contribution in [0, 0.1) is 0 Å². The van der Waals surface area contributed by atoms with Crippen molar-refractivity contribution in [3.05, 3.63) is 29.3 Å². The smallest absolute Gasteiger partial charge is 0.138 e. The molecular weight excluding hydrogens is 276 g/mol. The van der Waals surface area contributed by atoms with Crippen LogP contribution in [0.5, 0.6) is 5.75 Å². The summed E-state index contributed by atoms with van der Waals surface area (Å²) in [4.78, 5) is 2.33. The summed E-state index contributed by atoms with van der Waals surface area (Å²) in [6.07, 6.45) is 1.74. The van der Waals surface area contributed by atoms with Crippen molar-refractivity contribution in [3.63, 3.8) is 0 Å². The summed E-state index contributed by atoms with van der Waals surface area (Å²) in [5, 5.41) is 13.9. The fourth-order valence-electron chi connectivity index (χ4n) is 2.32. The Bertz CT molecular complexity index is 409. The van der Waals surface area contributed by atoms with Gasteiger partial charge in [-0.2, -0.15) is 0 Å². The average Bonchev–Trinajstić information content (AvgIpc) is 2.46. The van der Waals surface area contributed by atoms with Gasteiger partial charge in [-0.1, -0.05) is 23.7 Å². The van der Waals surface area contributed by atoms with Gasteiger partial charge >= 0.3 is 0 Å². The number of para-hydroxylation sites is 1. The van der Waals surface area contributed by atoms with Crippen molar-refractivity contribution in [2.75, 3.05) is 33.3 Å². The van der Waals surface area contributed by atoms with Crippen molar-refractivity contribution in [3.8, 4) is 5.75 Å². The van der Waals surface area contributed by atoms with Crippen molar-refractivity contribution in [2.45, 2.75) is 25.0 Å². The molecule has 2 rings (SSSR count). The van der Waals surface area contributed by atoms with Crippen molar-refractivity contribution in [1.29, 1.82) is 0 Å². The molecule has 1 fully saturated rings. The Kier molecular flexibility index (Phi) is 6.10. The van der Waals surface area contributed by atoms with Crippen LogP contribution in [0.4, 0.5) is 0 Å². The second kappa shape index (κ2) is 7.84. The topological polar surface area (TPSA) is 44.7 Å². The number of hydrogen-bond donors (Lipinski definition) is 2. The first-order valence-electron chi connectivity index (χ1n) is 7.12. The molecule has 1 aliphatic heterocycles. The Hall–Kier alpha value is -0.810. The maximum Gasteiger partial charge on any atom is 0.138 e. The standard InChI is InChI=1S/C15H23ClN2O2/c1-18-8-6-12(7-9-18)17-10-13(19)11-20-15-5-3-2-4-14(15)16/h2-5,12-13,17,19H,6-11H2,1H3. The monoisotopic (exact) mass is 298 g/mol. The first-order valence-corrected chi connectivity index (χ1v) is 7.50. The van der Waals surface area contributed by atoms with Gasteiger partial charge in [0.1, 0.15) is 18.5 Å². The van der Waals surface area contributed by atoms with Crippen molar-refractivity contribution >= 4 is 11.6 Å². The molecule has 2 N–H and O–H groups in total. The normalized spacial score (nSPS) is 18.9. The molecule has 0 amide bonds. The van der Waals surface area contributed by atoms with E-state index in [1.807, 2.05) is 12.1 Å². The first kappa shape index (κ1) is 15.6. The van der Waals surface area contributed by atoms with Crippen LogP contribution in [0.1, 0.15) is 12.8 Å². The van der Waals surface area contributed by atoms with Crippen LogP contribution < -0.4 is 10.1 Å². The van der Waals surface area contributed by atoms with Crippen molar-refractivity contribution in [2.24, 2.45) is 0 Å². The second-order valence-corrected chi connectivity index (χ2v) is 5.79. The largest absolute Gasteiger partial charge is 0.489 e. The molecule has 0 spiro atoms. The molecule has 4 nitrogen and oxygen atoms in total. The quantitative estimate of drug-likeness (QED) is 0.840. The summed E-state index contributed by atoms with van der Waals surface area (Å²) in [5.41, 5.74) is 0. The molecular formula is C15H23ClN2O2. The van der Waals surface area contributed by atoms with Crippen molar-refractivity contribution < 1.29 is 9.84 Å². The van der Waals surface area contributed by atoms with Gasteiger partial charge in [0, 0.05) is 12.6 Å². The second-order valence-electron chi connectivity index (χ2n) is 5.38. The molecule has 1 aromatic carbocycles. The third-order valence-corrected chi connectivity index (χ3v) is 3.94. The molecule has 0 aliphatic carbocycles. The van der Waals surface area contributed by atoms with Crippen LogP contribution in [0.25, 0.3) is 0 Å². The van der Waals surface area contributed by atoms with Gasteiger partial charge in [-0.15, -0.1) is 0 Å². The van der Waals surface area contributed by atoms with E-state index in [2.05, 4.69) is 17.3 Å². The highest BCUT2D eigenvalue weighted by atomic mass is 35.5. The van der Waals surface area contributed by atoms with Gasteiger partial charge in [-0.25, -0.2) is 0 Å². The Balaban J connectivity index is 1.65. The lowest BCUT2D eigenvalue weighted by Crippen LogP contribution is -2.44. The van der Waals surface area contributed by atoms with Gasteiger partial charge in [-0.3, -0.25) is 0 Å². The zero-order chi connectivity index (χ0) is 14.4. The van der Waals surface area contributed by atoms with Crippen LogP contribution in [0.15, 0.2) is 24.3 Å². The molecule has 112 valence electrons. The number of ether oxygens (including phenoxy) is 1. The number of nitrogens with zero attached hydrogens (tertiary/aromatic N) is 1. The number of hydrogen-bond acceptors (Lipinski definition) is 4. The molecule has 1 saturated heterocycles. The highest BCUT2D eigenvalue weighted by Gasteiger charge is 2.17. The number of aliphatic hydroxyl groups is 1. The van der Waals surface area contributed by atoms with Gasteiger partial charge in [-0.05, 0) is 45.1 Å². The summed E-state index contributed by atoms with van der Waals surface area (Å²) in [5.74, 6) is 0.618. The average molecular weight is 299 g/mol. The van der Waals surface area contributed by atoms with E-state index in [4.69, 9.17) is 16.3 Å². The van der Waals surface area contributed by atoms with Crippen LogP contribution in [0.3, 0.4) is 0 Å². The molecule has 1 aromatic rings. The van der Waals surface area contributed by atoms with Crippen molar-refractivity contribution in [1.82, 2.24) is 10.2 Å². The Morgan fingerprint density at radius 1 is 1.40 bits per heavy atom. The number of aliphatic hydroxyl groups excluding tert-OH is 1. The third-order valence-electron chi connectivity index (χ3n) is 3.63. The summed E-state index contributed by atoms with van der Waals surface area (Å²) < 4.78 is 5.53. The fourth-order valence-corrected chi connectivity index (χ4v) is 2.51. The Morgan fingerprint density at radius 3 is 2.80 bits per heavy atom. The van der Waals surface area contributed by atoms with E-state index in [9.17, 15) is 5.11 Å². The highest BCUT2D eigenvalue weighted by molar-refractivity contribution is 6.32. The minimum absolute atomic E-state index is 0.253. The van der Waals surface area contributed by atoms with E-state index in [1.165, 1.54) is 0 Å². The van der Waals surface area contributed by atoms with Crippen LogP contribution >= 0.6 is 11.6 Å². The highest BCUT2D eigenvalue weighted by Crippen LogP contribution is 2.23. The number of piperidine rings is 1. The molecule has 0 saturated carbocycles. The molecule has 20 heavy (non-hydrogen) atoms. The molecule has 0 bridgehead atoms. The maximum atomic E-state index is 9.94. The van der Waals surface area contributed by atoms with Gasteiger partial charge in [0.2, 0.25) is 0 Å². The lowest BCUT2D eigenvalue weighted by Gasteiger charge is -2.30. The van der Waals surface area contributed by atoms with Crippen LogP contribution in [0.2, 0.25) is 5.02 Å². The zero-order valence-electron chi connectivity index (χ0n) is 11.9. The van der Waals surface area contributed by atoms with E-state index in [0.29, 0.717) is 23.4 Å². The molecule has 1 unspecified atom stereocenters. The summed E-state index contributed by atoms with van der Waals surface area (Å²) in [7, 11) is 2.14. The van der Waals surface area contributed by atoms with E-state index < -0.39 is 6.10 Å². The molecule has 1 heterocycles. The molecule has 0 aromatic heterocycles. The molecule has 1 aliphatic rings. The van der Waals surface area contributed by atoms with E-state index in [1.54, 1.807) is 12.1 Å². The molecule has 1 atom stereocenters. The van der Waals surface area contributed by atoms with Gasteiger partial charge in [0.25, 0.3) is 0 Å². The summed E-state index contributed by atoms with van der Waals surface area (Å²) in [6, 6.07) is 7.80. The fraction of sp³-hybridized carbons (Fsp3) is 0.600. The van der Waals surface area contributed by atoms with Gasteiger partial charge in [0.05, 0.1) is 5.02 Å². The number of benzene rings is 1. The number of nitrogens with one attached hydrogen (secondary N) is 1. The van der Waals surface area contributed by atoms with Crippen LogP contribution in [-0.2, 0) is 0 Å². The maximum absolute atomic E-state index is 9.94. The summed E-state index contributed by atoms with van der Waals surface area (Å²) in [6.45, 7) is 3.04. The summed E-state index contributed by atoms with van der Waals surface area (Å²) >= 11 is 5.99. The number of halogens is 1. The van der Waals surface area contributed by atoms with Gasteiger partial charge in [0.15, 0.2) is 0 Å². The number of likely N-dealkylation sites (tertiary alicyclic amines) is 1. The zero-order valence-corrected chi connectivity index (χ0v) is 12.6. The van der Waals surface area contributed by atoms with Crippen LogP contribution in [-0.4, -0.2) is 55.4 Å². The van der Waals surface area contributed by atoms with E-state index in [-0.39, 0.29) is 6.61 Å². The minimum Gasteiger partial charge on any atom is -0.489 e. The SMILES string of the molecule is CN1CCC(NCC(O)COc2ccccc2Cl)CC1. The lowest BCUT2D eigenvalue weighted by molar-refractivity contribution is 0.0996. The molecule has 0 radical (unpaired) electrons. The first-order chi connectivity index (χ1) is 9.65. The third kappa shape index (κ3) is 4.94. The number of rotatable bonds is 6. The van der Waals surface area contributed by atoms with E-state index >= 15 is 0 Å².